The van der Waals surface area contributed by atoms with E-state index in [1.165, 1.54) is 45.4 Å². The minimum Gasteiger partial charge on any atom is -0.463 e. The fourth-order valence-corrected chi connectivity index (χ4v) is 9.41. The van der Waals surface area contributed by atoms with E-state index in [9.17, 15) is 9.59 Å². The van der Waals surface area contributed by atoms with Crippen LogP contribution < -0.4 is 0 Å². The molecule has 0 heterocycles. The van der Waals surface area contributed by atoms with Gasteiger partial charge in [0.1, 0.15) is 11.9 Å². The van der Waals surface area contributed by atoms with Gasteiger partial charge in [-0.05, 0) is 97.2 Å². The molecular weight excluding hydrogens is 408 g/mol. The van der Waals surface area contributed by atoms with Gasteiger partial charge in [0.05, 0.1) is 0 Å². The van der Waals surface area contributed by atoms with Crippen LogP contribution in [0.3, 0.4) is 0 Å². The maximum absolute atomic E-state index is 13.9. The first-order valence-electron chi connectivity index (χ1n) is 14.2. The number of hydrogen-bond donors (Lipinski definition) is 0. The zero-order chi connectivity index (χ0) is 24.1. The zero-order valence-electron chi connectivity index (χ0n) is 22.5. The molecule has 0 N–H and O–H groups in total. The van der Waals surface area contributed by atoms with Gasteiger partial charge in [-0.15, -0.1) is 0 Å². The Morgan fingerprint density at radius 2 is 1.73 bits per heavy atom. The minimum absolute atomic E-state index is 0.0611. The maximum Gasteiger partial charge on any atom is 0.302 e. The Labute approximate surface area is 203 Å². The quantitative estimate of drug-likeness (QED) is 0.388. The molecule has 0 aromatic carbocycles. The van der Waals surface area contributed by atoms with Crippen LogP contribution >= 0.6 is 0 Å². The van der Waals surface area contributed by atoms with E-state index >= 15 is 0 Å². The molecule has 0 saturated heterocycles. The molecular formula is C30H50O3. The largest absolute Gasteiger partial charge is 0.463 e. The summed E-state index contributed by atoms with van der Waals surface area (Å²) < 4.78 is 5.60. The average Bonchev–Trinajstić information content (AvgIpc) is 3.07. The van der Waals surface area contributed by atoms with Gasteiger partial charge in [0.2, 0.25) is 0 Å². The predicted molar refractivity (Wildman–Crippen MR) is 134 cm³/mol. The number of carbonyl (C=O) groups excluding carboxylic acids is 2. The van der Waals surface area contributed by atoms with Crippen molar-refractivity contribution in [3.8, 4) is 0 Å². The molecule has 188 valence electrons. The summed E-state index contributed by atoms with van der Waals surface area (Å²) in [4.78, 5) is 25.5. The SMILES string of the molecule is CC(=O)O[C@@H]1CC[C@@]2(C)[C@@H](CC[C@H]3[C@H]2C(=O)C[C@]2(C)[C@@H]([C@H](C)CC[C@H](C)C(C)C)CC[C@@H]32)C1. The highest BCUT2D eigenvalue weighted by atomic mass is 16.5. The molecule has 33 heavy (non-hydrogen) atoms. The van der Waals surface area contributed by atoms with Crippen LogP contribution in [0.2, 0.25) is 0 Å². The summed E-state index contributed by atoms with van der Waals surface area (Å²) in [5, 5.41) is 0. The van der Waals surface area contributed by atoms with E-state index in [1.54, 1.807) is 0 Å². The predicted octanol–water partition coefficient (Wildman–Crippen LogP) is 7.46. The molecule has 10 atom stereocenters. The topological polar surface area (TPSA) is 43.4 Å². The minimum atomic E-state index is -0.157. The van der Waals surface area contributed by atoms with Gasteiger partial charge in [0.25, 0.3) is 0 Å². The van der Waals surface area contributed by atoms with Crippen molar-refractivity contribution in [2.45, 2.75) is 119 Å². The fourth-order valence-electron chi connectivity index (χ4n) is 9.41. The van der Waals surface area contributed by atoms with Gasteiger partial charge in [-0.25, -0.2) is 0 Å². The normalized spacial score (nSPS) is 44.5. The van der Waals surface area contributed by atoms with Crippen LogP contribution in [-0.4, -0.2) is 17.9 Å². The number of fused-ring (bicyclic) bond motifs is 5. The lowest BCUT2D eigenvalue weighted by molar-refractivity contribution is -0.169. The van der Waals surface area contributed by atoms with Crippen LogP contribution in [0.4, 0.5) is 0 Å². The van der Waals surface area contributed by atoms with Gasteiger partial charge in [-0.2, -0.15) is 0 Å². The summed E-state index contributed by atoms with van der Waals surface area (Å²) in [5.41, 5.74) is 0.311. The standard InChI is InChI=1S/C30H50O3/c1-18(2)19(3)8-9-20(4)25-12-13-26-24-11-10-22-16-23(33-21(5)31)14-15-29(22,6)28(24)27(32)17-30(25,26)7/h18-20,22-26,28H,8-17H2,1-7H3/t19-,20+,22-,23+,24+,25+,26-,28-,29-,30+/m0/s1. The van der Waals surface area contributed by atoms with Gasteiger partial charge in [0.15, 0.2) is 0 Å². The van der Waals surface area contributed by atoms with Gasteiger partial charge in [-0.1, -0.05) is 54.4 Å². The Morgan fingerprint density at radius 3 is 2.39 bits per heavy atom. The van der Waals surface area contributed by atoms with Gasteiger partial charge < -0.3 is 4.74 Å². The third-order valence-electron chi connectivity index (χ3n) is 11.6. The second-order valence-electron chi connectivity index (χ2n) is 13.6. The maximum atomic E-state index is 13.9. The molecule has 3 heteroatoms. The third-order valence-corrected chi connectivity index (χ3v) is 11.6. The number of esters is 1. The van der Waals surface area contributed by atoms with Gasteiger partial charge in [0, 0.05) is 19.3 Å². The van der Waals surface area contributed by atoms with Crippen molar-refractivity contribution in [3.05, 3.63) is 0 Å². The van der Waals surface area contributed by atoms with Crippen molar-refractivity contribution in [2.24, 2.45) is 58.2 Å². The van der Waals surface area contributed by atoms with E-state index in [0.29, 0.717) is 23.5 Å². The number of ketones is 1. The fraction of sp³-hybridized carbons (Fsp3) is 0.933. The van der Waals surface area contributed by atoms with E-state index in [0.717, 1.165) is 49.4 Å². The summed E-state index contributed by atoms with van der Waals surface area (Å²) in [7, 11) is 0. The smallest absolute Gasteiger partial charge is 0.302 e. The van der Waals surface area contributed by atoms with E-state index in [4.69, 9.17) is 4.74 Å². The second kappa shape index (κ2) is 9.30. The highest BCUT2D eigenvalue weighted by molar-refractivity contribution is 5.84. The molecule has 0 aromatic heterocycles. The van der Waals surface area contributed by atoms with Crippen LogP contribution in [-0.2, 0) is 14.3 Å². The number of carbonyl (C=O) groups is 2. The van der Waals surface area contributed by atoms with E-state index in [1.807, 2.05) is 0 Å². The van der Waals surface area contributed by atoms with Crippen molar-refractivity contribution < 1.29 is 14.3 Å². The van der Waals surface area contributed by atoms with E-state index in [-0.39, 0.29) is 28.8 Å². The monoisotopic (exact) mass is 458 g/mol. The Kier molecular flexibility index (Phi) is 7.12. The number of ether oxygens (including phenoxy) is 1. The number of rotatable bonds is 6. The molecule has 0 aliphatic heterocycles. The average molecular weight is 459 g/mol. The lowest BCUT2D eigenvalue weighted by atomic mass is 9.44. The molecule has 0 aromatic rings. The molecule has 0 radical (unpaired) electrons. The van der Waals surface area contributed by atoms with Crippen LogP contribution in [0.15, 0.2) is 0 Å². The van der Waals surface area contributed by atoms with Crippen LogP contribution in [0.1, 0.15) is 113 Å². The summed E-state index contributed by atoms with van der Waals surface area (Å²) in [6.07, 6.45) is 11.5. The molecule has 0 unspecified atom stereocenters. The number of hydrogen-bond acceptors (Lipinski definition) is 3. The first-order valence-corrected chi connectivity index (χ1v) is 14.2. The molecule has 4 fully saturated rings. The Balaban J connectivity index is 1.49. The van der Waals surface area contributed by atoms with Crippen molar-refractivity contribution in [1.82, 2.24) is 0 Å². The van der Waals surface area contributed by atoms with E-state index < -0.39 is 0 Å². The molecule has 4 saturated carbocycles. The van der Waals surface area contributed by atoms with Crippen LogP contribution in [0.5, 0.6) is 0 Å². The molecule has 4 aliphatic rings. The van der Waals surface area contributed by atoms with Crippen molar-refractivity contribution in [2.75, 3.05) is 0 Å². The molecule has 0 bridgehead atoms. The van der Waals surface area contributed by atoms with Crippen LogP contribution in [0, 0.1) is 58.2 Å². The number of Topliss-reactive ketones (excluding diaryl/α,β-unsaturated/α-hetero) is 1. The summed E-state index contributed by atoms with van der Waals surface area (Å²) in [6.45, 7) is 16.0. The Hall–Kier alpha value is -0.860. The first-order chi connectivity index (χ1) is 15.5. The van der Waals surface area contributed by atoms with Gasteiger partial charge >= 0.3 is 5.97 Å². The summed E-state index contributed by atoms with van der Waals surface area (Å²) in [5.74, 6) is 5.45. The Bertz CT molecular complexity index is 743. The highest BCUT2D eigenvalue weighted by Gasteiger charge is 2.63. The zero-order valence-corrected chi connectivity index (χ0v) is 22.5. The van der Waals surface area contributed by atoms with Crippen molar-refractivity contribution in [1.29, 1.82) is 0 Å². The molecule has 3 nitrogen and oxygen atoms in total. The lowest BCUT2D eigenvalue weighted by Gasteiger charge is -2.60. The van der Waals surface area contributed by atoms with E-state index in [2.05, 4.69) is 41.5 Å². The van der Waals surface area contributed by atoms with Gasteiger partial charge in [-0.3, -0.25) is 9.59 Å². The van der Waals surface area contributed by atoms with Crippen molar-refractivity contribution >= 4 is 11.8 Å². The molecule has 4 rings (SSSR count). The van der Waals surface area contributed by atoms with Crippen molar-refractivity contribution in [3.63, 3.8) is 0 Å². The van der Waals surface area contributed by atoms with Crippen LogP contribution in [0.25, 0.3) is 0 Å². The highest BCUT2D eigenvalue weighted by Crippen LogP contribution is 2.67. The summed E-state index contributed by atoms with van der Waals surface area (Å²) >= 11 is 0. The molecule has 4 aliphatic carbocycles. The third kappa shape index (κ3) is 4.44. The molecule has 0 amide bonds. The Morgan fingerprint density at radius 1 is 1.00 bits per heavy atom. The first kappa shape index (κ1) is 25.2. The second-order valence-corrected chi connectivity index (χ2v) is 13.6. The summed E-state index contributed by atoms with van der Waals surface area (Å²) in [6, 6.07) is 0. The lowest BCUT2D eigenvalue weighted by Crippen LogP contribution is -2.58. The molecule has 0 spiro atoms.